The first-order chi connectivity index (χ1) is 9.49. The van der Waals surface area contributed by atoms with Crippen molar-refractivity contribution in [3.05, 3.63) is 21.9 Å². The monoisotopic (exact) mass is 279 g/mol. The average Bonchev–Trinajstić information content (AvgIpc) is 2.64. The standard InChI is InChI=1S/C15H25N3O2/c1-10-6-4-5-7-13(10)17-14(19)8-9-18-12(3)11(2)16-15(18)20/h10,13H,4-9H2,1-3H3,(H,16,20)(H,17,19). The number of amides is 1. The third-order valence-electron chi connectivity index (χ3n) is 4.51. The third-order valence-corrected chi connectivity index (χ3v) is 4.51. The summed E-state index contributed by atoms with van der Waals surface area (Å²) in [5.41, 5.74) is 1.66. The highest BCUT2D eigenvalue weighted by Crippen LogP contribution is 2.23. The lowest BCUT2D eigenvalue weighted by Crippen LogP contribution is -2.41. The maximum atomic E-state index is 12.0. The van der Waals surface area contributed by atoms with Gasteiger partial charge in [0.1, 0.15) is 0 Å². The van der Waals surface area contributed by atoms with Crippen LogP contribution in [0.2, 0.25) is 0 Å². The Kier molecular flexibility index (Phi) is 4.68. The summed E-state index contributed by atoms with van der Waals surface area (Å²) in [6.07, 6.45) is 5.10. The maximum absolute atomic E-state index is 12.0. The first kappa shape index (κ1) is 14.9. The molecule has 1 fully saturated rings. The van der Waals surface area contributed by atoms with Crippen molar-refractivity contribution in [2.75, 3.05) is 0 Å². The number of rotatable bonds is 4. The smallest absolute Gasteiger partial charge is 0.325 e. The molecule has 5 heteroatoms. The normalized spacial score (nSPS) is 22.8. The van der Waals surface area contributed by atoms with Gasteiger partial charge in [-0.1, -0.05) is 19.8 Å². The van der Waals surface area contributed by atoms with Crippen molar-refractivity contribution in [3.63, 3.8) is 0 Å². The summed E-state index contributed by atoms with van der Waals surface area (Å²) in [5, 5.41) is 3.12. The number of carbonyl (C=O) groups is 1. The minimum Gasteiger partial charge on any atom is -0.353 e. The highest BCUT2D eigenvalue weighted by atomic mass is 16.2. The first-order valence-corrected chi connectivity index (χ1v) is 7.54. The number of aryl methyl sites for hydroxylation is 1. The molecule has 20 heavy (non-hydrogen) atoms. The van der Waals surface area contributed by atoms with Gasteiger partial charge < -0.3 is 10.3 Å². The van der Waals surface area contributed by atoms with Crippen LogP contribution in [0.5, 0.6) is 0 Å². The Morgan fingerprint density at radius 3 is 2.65 bits per heavy atom. The van der Waals surface area contributed by atoms with Gasteiger partial charge in [0.2, 0.25) is 5.91 Å². The Morgan fingerprint density at radius 2 is 2.05 bits per heavy atom. The van der Waals surface area contributed by atoms with Gasteiger partial charge in [-0.15, -0.1) is 0 Å². The Morgan fingerprint density at radius 1 is 1.35 bits per heavy atom. The van der Waals surface area contributed by atoms with Gasteiger partial charge in [-0.2, -0.15) is 0 Å². The SMILES string of the molecule is Cc1[nH]c(=O)n(CCC(=O)NC2CCCCC2C)c1C. The van der Waals surface area contributed by atoms with Gasteiger partial charge in [0.15, 0.2) is 0 Å². The van der Waals surface area contributed by atoms with E-state index in [-0.39, 0.29) is 11.6 Å². The highest BCUT2D eigenvalue weighted by Gasteiger charge is 2.22. The summed E-state index contributed by atoms with van der Waals surface area (Å²) < 4.78 is 1.64. The predicted octanol–water partition coefficient (Wildman–Crippen LogP) is 1.88. The van der Waals surface area contributed by atoms with Crippen molar-refractivity contribution in [1.29, 1.82) is 0 Å². The summed E-state index contributed by atoms with van der Waals surface area (Å²) in [7, 11) is 0. The fourth-order valence-electron chi connectivity index (χ4n) is 2.97. The average molecular weight is 279 g/mol. The zero-order chi connectivity index (χ0) is 14.7. The molecule has 112 valence electrons. The number of nitrogens with zero attached hydrogens (tertiary/aromatic N) is 1. The Hall–Kier alpha value is -1.52. The highest BCUT2D eigenvalue weighted by molar-refractivity contribution is 5.76. The zero-order valence-electron chi connectivity index (χ0n) is 12.7. The molecule has 1 heterocycles. The molecule has 2 unspecified atom stereocenters. The molecule has 1 aromatic rings. The topological polar surface area (TPSA) is 66.9 Å². The van der Waals surface area contributed by atoms with E-state index in [4.69, 9.17) is 0 Å². The molecule has 5 nitrogen and oxygen atoms in total. The van der Waals surface area contributed by atoms with Gasteiger partial charge in [0.25, 0.3) is 0 Å². The largest absolute Gasteiger partial charge is 0.353 e. The second-order valence-electron chi connectivity index (χ2n) is 5.98. The van der Waals surface area contributed by atoms with Gasteiger partial charge >= 0.3 is 5.69 Å². The first-order valence-electron chi connectivity index (χ1n) is 7.54. The van der Waals surface area contributed by atoms with E-state index in [1.165, 1.54) is 19.3 Å². The van der Waals surface area contributed by atoms with Crippen LogP contribution in [0.15, 0.2) is 4.79 Å². The van der Waals surface area contributed by atoms with Crippen LogP contribution in [0.4, 0.5) is 0 Å². The number of carbonyl (C=O) groups excluding carboxylic acids is 1. The molecule has 2 N–H and O–H groups in total. The lowest BCUT2D eigenvalue weighted by Gasteiger charge is -2.29. The van der Waals surface area contributed by atoms with E-state index in [0.29, 0.717) is 24.9 Å². The third kappa shape index (κ3) is 3.32. The molecule has 1 aromatic heterocycles. The molecule has 0 spiro atoms. The van der Waals surface area contributed by atoms with Crippen molar-refractivity contribution in [3.8, 4) is 0 Å². The molecule has 0 radical (unpaired) electrons. The molecule has 1 saturated carbocycles. The maximum Gasteiger partial charge on any atom is 0.325 e. The Labute approximate surface area is 119 Å². The van der Waals surface area contributed by atoms with Crippen molar-refractivity contribution >= 4 is 5.91 Å². The van der Waals surface area contributed by atoms with Crippen LogP contribution in [0, 0.1) is 19.8 Å². The zero-order valence-corrected chi connectivity index (χ0v) is 12.7. The molecular weight excluding hydrogens is 254 g/mol. The van der Waals surface area contributed by atoms with Crippen molar-refractivity contribution in [2.45, 2.75) is 65.5 Å². The molecule has 1 aliphatic carbocycles. The summed E-state index contributed by atoms with van der Waals surface area (Å²) in [6.45, 7) is 6.42. The van der Waals surface area contributed by atoms with Crippen molar-refractivity contribution in [2.24, 2.45) is 5.92 Å². The van der Waals surface area contributed by atoms with Gasteiger partial charge in [0.05, 0.1) is 0 Å². The quantitative estimate of drug-likeness (QED) is 0.883. The molecule has 0 aliphatic heterocycles. The summed E-state index contributed by atoms with van der Waals surface area (Å²) in [5.74, 6) is 0.612. The molecular formula is C15H25N3O2. The summed E-state index contributed by atoms with van der Waals surface area (Å²) >= 11 is 0. The van der Waals surface area contributed by atoms with E-state index in [9.17, 15) is 9.59 Å². The number of hydrogen-bond donors (Lipinski definition) is 2. The number of nitrogens with one attached hydrogen (secondary N) is 2. The van der Waals surface area contributed by atoms with Crippen LogP contribution >= 0.6 is 0 Å². The van der Waals surface area contributed by atoms with Crippen molar-refractivity contribution in [1.82, 2.24) is 14.9 Å². The van der Waals surface area contributed by atoms with E-state index in [1.807, 2.05) is 13.8 Å². The lowest BCUT2D eigenvalue weighted by atomic mass is 9.86. The van der Waals surface area contributed by atoms with Gasteiger partial charge in [-0.25, -0.2) is 4.79 Å². The molecule has 2 atom stereocenters. The molecule has 0 saturated heterocycles. The van der Waals surface area contributed by atoms with Crippen LogP contribution in [-0.4, -0.2) is 21.5 Å². The molecule has 0 bridgehead atoms. The summed E-state index contributed by atoms with van der Waals surface area (Å²) in [4.78, 5) is 26.5. The number of hydrogen-bond acceptors (Lipinski definition) is 2. The molecule has 2 rings (SSSR count). The molecule has 0 aromatic carbocycles. The van der Waals surface area contributed by atoms with Gasteiger partial charge in [-0.3, -0.25) is 9.36 Å². The van der Waals surface area contributed by atoms with Crippen molar-refractivity contribution < 1.29 is 4.79 Å². The minimum atomic E-state index is -0.126. The van der Waals surface area contributed by atoms with Gasteiger partial charge in [0, 0.05) is 30.4 Å². The van der Waals surface area contributed by atoms with E-state index < -0.39 is 0 Å². The van der Waals surface area contributed by atoms with Crippen LogP contribution in [0.1, 0.15) is 50.4 Å². The van der Waals surface area contributed by atoms with E-state index in [2.05, 4.69) is 17.2 Å². The van der Waals surface area contributed by atoms with E-state index in [1.54, 1.807) is 4.57 Å². The fourth-order valence-corrected chi connectivity index (χ4v) is 2.97. The van der Waals surface area contributed by atoms with Gasteiger partial charge in [-0.05, 0) is 32.6 Å². The number of aromatic amines is 1. The van der Waals surface area contributed by atoms with Crippen LogP contribution < -0.4 is 11.0 Å². The summed E-state index contributed by atoms with van der Waals surface area (Å²) in [6, 6.07) is 0.307. The lowest BCUT2D eigenvalue weighted by molar-refractivity contribution is -0.122. The Balaban J connectivity index is 1.87. The van der Waals surface area contributed by atoms with Crippen LogP contribution in [-0.2, 0) is 11.3 Å². The second kappa shape index (κ2) is 6.29. The van der Waals surface area contributed by atoms with Crippen LogP contribution in [0.3, 0.4) is 0 Å². The fraction of sp³-hybridized carbons (Fsp3) is 0.733. The number of aromatic nitrogens is 2. The number of H-pyrrole nitrogens is 1. The van der Waals surface area contributed by atoms with Crippen LogP contribution in [0.25, 0.3) is 0 Å². The number of imidazole rings is 1. The Bertz CT molecular complexity index is 530. The van der Waals surface area contributed by atoms with E-state index >= 15 is 0 Å². The predicted molar refractivity (Wildman–Crippen MR) is 78.7 cm³/mol. The van der Waals surface area contributed by atoms with E-state index in [0.717, 1.165) is 17.8 Å². The molecule has 1 amide bonds. The molecule has 1 aliphatic rings. The second-order valence-corrected chi connectivity index (χ2v) is 5.98. The minimum absolute atomic E-state index is 0.0499.